The Bertz CT molecular complexity index is 664. The zero-order chi connectivity index (χ0) is 12.4. The Morgan fingerprint density at radius 1 is 1.17 bits per heavy atom. The third kappa shape index (κ3) is 2.09. The van der Waals surface area contributed by atoms with Crippen LogP contribution in [0.3, 0.4) is 0 Å². The minimum atomic E-state index is -0.627. The molecule has 0 fully saturated rings. The topological polar surface area (TPSA) is 38.9 Å². The number of benzene rings is 1. The average Bonchev–Trinajstić information content (AvgIpc) is 2.80. The largest absolute Gasteiger partial charge is 0.441 e. The summed E-state index contributed by atoms with van der Waals surface area (Å²) < 4.78 is 18.0. The molecule has 1 aromatic carbocycles. The maximum atomic E-state index is 12.5. The molecule has 0 saturated heterocycles. The Morgan fingerprint density at radius 3 is 2.78 bits per heavy atom. The highest BCUT2D eigenvalue weighted by atomic mass is 19.1. The third-order valence-electron chi connectivity index (χ3n) is 2.70. The van der Waals surface area contributed by atoms with Gasteiger partial charge in [-0.1, -0.05) is 30.3 Å². The summed E-state index contributed by atoms with van der Waals surface area (Å²) in [6.07, 6.45) is 2.12. The molecule has 0 aliphatic rings. The van der Waals surface area contributed by atoms with Gasteiger partial charge < -0.3 is 4.42 Å². The molecule has 0 aliphatic carbocycles. The van der Waals surface area contributed by atoms with E-state index in [2.05, 4.69) is 9.97 Å². The second-order valence-corrected chi connectivity index (χ2v) is 4.06. The van der Waals surface area contributed by atoms with Gasteiger partial charge in [0.15, 0.2) is 0 Å². The van der Waals surface area contributed by atoms with Crippen molar-refractivity contribution in [2.45, 2.75) is 13.1 Å². The predicted molar refractivity (Wildman–Crippen MR) is 65.9 cm³/mol. The van der Waals surface area contributed by atoms with Gasteiger partial charge in [-0.2, -0.15) is 0 Å². The zero-order valence-corrected chi connectivity index (χ0v) is 9.64. The summed E-state index contributed by atoms with van der Waals surface area (Å²) in [4.78, 5) is 8.17. The Labute approximate surface area is 103 Å². The Hall–Kier alpha value is -2.23. The van der Waals surface area contributed by atoms with Crippen molar-refractivity contribution in [3.63, 3.8) is 0 Å². The number of hydrogen-bond acceptors (Lipinski definition) is 3. The van der Waals surface area contributed by atoms with Crippen molar-refractivity contribution < 1.29 is 8.81 Å². The molecule has 0 aliphatic heterocycles. The van der Waals surface area contributed by atoms with Crippen molar-refractivity contribution in [3.8, 4) is 0 Å². The lowest BCUT2D eigenvalue weighted by atomic mass is 10.1. The van der Waals surface area contributed by atoms with E-state index in [1.165, 1.54) is 6.20 Å². The highest BCUT2D eigenvalue weighted by Gasteiger charge is 2.08. The van der Waals surface area contributed by atoms with Gasteiger partial charge in [-0.3, -0.25) is 0 Å². The molecule has 0 spiro atoms. The van der Waals surface area contributed by atoms with Gasteiger partial charge in [0, 0.05) is 12.5 Å². The van der Waals surface area contributed by atoms with E-state index >= 15 is 0 Å². The van der Waals surface area contributed by atoms with Gasteiger partial charge in [-0.25, -0.2) is 14.4 Å². The van der Waals surface area contributed by atoms with Gasteiger partial charge in [0.1, 0.15) is 18.0 Å². The fourth-order valence-electron chi connectivity index (χ4n) is 1.84. The SMILES string of the molecule is FCc1cnc2cc(Cc3ccccc3)oc2n1. The molecule has 3 nitrogen and oxygen atoms in total. The lowest BCUT2D eigenvalue weighted by Gasteiger charge is -1.95. The van der Waals surface area contributed by atoms with Crippen LogP contribution >= 0.6 is 0 Å². The van der Waals surface area contributed by atoms with Crippen LogP contribution in [0.2, 0.25) is 0 Å². The van der Waals surface area contributed by atoms with Crippen LogP contribution in [0.4, 0.5) is 4.39 Å². The molecule has 4 heteroatoms. The van der Waals surface area contributed by atoms with Crippen molar-refractivity contribution in [1.82, 2.24) is 9.97 Å². The normalized spacial score (nSPS) is 10.9. The maximum Gasteiger partial charge on any atom is 0.245 e. The Morgan fingerprint density at radius 2 is 2.00 bits per heavy atom. The van der Waals surface area contributed by atoms with Crippen molar-refractivity contribution in [3.05, 3.63) is 59.6 Å². The van der Waals surface area contributed by atoms with E-state index in [1.807, 2.05) is 36.4 Å². The summed E-state index contributed by atoms with van der Waals surface area (Å²) >= 11 is 0. The lowest BCUT2D eigenvalue weighted by Crippen LogP contribution is -1.86. The van der Waals surface area contributed by atoms with E-state index in [9.17, 15) is 4.39 Å². The summed E-state index contributed by atoms with van der Waals surface area (Å²) in [5.41, 5.74) is 2.51. The van der Waals surface area contributed by atoms with Gasteiger partial charge in [-0.05, 0) is 5.56 Å². The van der Waals surface area contributed by atoms with Gasteiger partial charge in [0.05, 0.1) is 11.9 Å². The minimum Gasteiger partial charge on any atom is -0.441 e. The standard InChI is InChI=1S/C14H11FN2O/c15-8-11-9-16-13-7-12(18-14(13)17-11)6-10-4-2-1-3-5-10/h1-5,7,9H,6,8H2. The second-order valence-electron chi connectivity index (χ2n) is 4.06. The van der Waals surface area contributed by atoms with Gasteiger partial charge >= 0.3 is 0 Å². The number of alkyl halides is 1. The third-order valence-corrected chi connectivity index (χ3v) is 2.70. The number of rotatable bonds is 3. The summed E-state index contributed by atoms with van der Waals surface area (Å²) in [6, 6.07) is 11.8. The van der Waals surface area contributed by atoms with Crippen molar-refractivity contribution in [1.29, 1.82) is 0 Å². The van der Waals surface area contributed by atoms with Gasteiger partial charge in [0.2, 0.25) is 5.71 Å². The molecule has 0 N–H and O–H groups in total. The van der Waals surface area contributed by atoms with Crippen LogP contribution in [0.15, 0.2) is 47.0 Å². The zero-order valence-electron chi connectivity index (χ0n) is 9.64. The number of nitrogens with zero attached hydrogens (tertiary/aromatic N) is 2. The van der Waals surface area contributed by atoms with Crippen LogP contribution in [0.5, 0.6) is 0 Å². The summed E-state index contributed by atoms with van der Waals surface area (Å²) in [5, 5.41) is 0. The first-order valence-corrected chi connectivity index (χ1v) is 5.69. The highest BCUT2D eigenvalue weighted by Crippen LogP contribution is 2.18. The van der Waals surface area contributed by atoms with E-state index < -0.39 is 6.67 Å². The van der Waals surface area contributed by atoms with Crippen LogP contribution < -0.4 is 0 Å². The van der Waals surface area contributed by atoms with Crippen molar-refractivity contribution >= 4 is 11.2 Å². The van der Waals surface area contributed by atoms with Crippen LogP contribution in [0, 0.1) is 0 Å². The maximum absolute atomic E-state index is 12.5. The average molecular weight is 242 g/mol. The fourth-order valence-corrected chi connectivity index (χ4v) is 1.84. The molecule has 0 atom stereocenters. The first kappa shape index (κ1) is 10.9. The molecule has 0 bridgehead atoms. The molecular formula is C14H11FN2O. The number of fused-ring (bicyclic) bond motifs is 1. The smallest absolute Gasteiger partial charge is 0.245 e. The van der Waals surface area contributed by atoms with Crippen molar-refractivity contribution in [2.75, 3.05) is 0 Å². The molecular weight excluding hydrogens is 231 g/mol. The fraction of sp³-hybridized carbons (Fsp3) is 0.143. The predicted octanol–water partition coefficient (Wildman–Crippen LogP) is 3.28. The molecule has 3 aromatic rings. The van der Waals surface area contributed by atoms with E-state index in [1.54, 1.807) is 0 Å². The second kappa shape index (κ2) is 4.56. The van der Waals surface area contributed by atoms with Crippen LogP contribution in [0.1, 0.15) is 17.0 Å². The van der Waals surface area contributed by atoms with Gasteiger partial charge in [0.25, 0.3) is 0 Å². The summed E-state index contributed by atoms with van der Waals surface area (Å²) in [5.74, 6) is 0.784. The molecule has 0 amide bonds. The van der Waals surface area contributed by atoms with E-state index in [-0.39, 0.29) is 0 Å². The van der Waals surface area contributed by atoms with E-state index in [0.29, 0.717) is 23.3 Å². The molecule has 90 valence electrons. The lowest BCUT2D eigenvalue weighted by molar-refractivity contribution is 0.471. The molecule has 2 heterocycles. The monoisotopic (exact) mass is 242 g/mol. The Balaban J connectivity index is 1.94. The number of furan rings is 1. The number of halogens is 1. The molecule has 2 aromatic heterocycles. The molecule has 0 unspecified atom stereocenters. The quantitative estimate of drug-likeness (QED) is 0.707. The summed E-state index contributed by atoms with van der Waals surface area (Å²) in [7, 11) is 0. The van der Waals surface area contributed by atoms with Crippen LogP contribution in [-0.2, 0) is 13.1 Å². The summed E-state index contributed by atoms with van der Waals surface area (Å²) in [6.45, 7) is -0.627. The number of hydrogen-bond donors (Lipinski definition) is 0. The Kier molecular flexibility index (Phi) is 2.76. The molecule has 3 rings (SSSR count). The van der Waals surface area contributed by atoms with E-state index in [4.69, 9.17) is 4.42 Å². The van der Waals surface area contributed by atoms with Crippen LogP contribution in [-0.4, -0.2) is 9.97 Å². The first-order chi connectivity index (χ1) is 8.85. The number of aromatic nitrogens is 2. The van der Waals surface area contributed by atoms with Crippen LogP contribution in [0.25, 0.3) is 11.2 Å². The van der Waals surface area contributed by atoms with Gasteiger partial charge in [-0.15, -0.1) is 0 Å². The molecule has 18 heavy (non-hydrogen) atoms. The highest BCUT2D eigenvalue weighted by molar-refractivity contribution is 5.68. The molecule has 0 saturated carbocycles. The first-order valence-electron chi connectivity index (χ1n) is 5.69. The van der Waals surface area contributed by atoms with Crippen molar-refractivity contribution in [2.24, 2.45) is 0 Å². The van der Waals surface area contributed by atoms with E-state index in [0.717, 1.165) is 11.3 Å². The minimum absolute atomic E-state index is 0.295. The molecule has 0 radical (unpaired) electrons.